The maximum atomic E-state index is 12.3. The quantitative estimate of drug-likeness (QED) is 0.844. The Hall–Kier alpha value is -0.0400. The molecule has 1 unspecified atom stereocenters. The summed E-state index contributed by atoms with van der Waals surface area (Å²) in [5.41, 5.74) is 0. The number of hydrogen-bond acceptors (Lipinski definition) is 4. The fraction of sp³-hybridized carbons (Fsp3) is 0.667. The van der Waals surface area contributed by atoms with E-state index in [2.05, 4.69) is 16.3 Å². The summed E-state index contributed by atoms with van der Waals surface area (Å²) in [4.78, 5) is 18.0. The number of piperazine rings is 1. The van der Waals surface area contributed by atoms with Gasteiger partial charge in [-0.25, -0.2) is 0 Å². The fourth-order valence-corrected chi connectivity index (χ4v) is 4.21. The monoisotopic (exact) mass is 399 g/mol. The van der Waals surface area contributed by atoms with E-state index in [0.717, 1.165) is 50.0 Å². The molecule has 2 aliphatic heterocycles. The maximum absolute atomic E-state index is 12.3. The average Bonchev–Trinajstić information content (AvgIpc) is 3.12. The molecule has 8 heteroatoms. The molecular formula is C15H24Cl3N3OS. The highest BCUT2D eigenvalue weighted by Gasteiger charge is 2.24. The van der Waals surface area contributed by atoms with Crippen LogP contribution in [0.25, 0.3) is 0 Å². The molecule has 0 saturated carbocycles. The lowest BCUT2D eigenvalue weighted by Crippen LogP contribution is -2.49. The van der Waals surface area contributed by atoms with E-state index >= 15 is 0 Å². The number of rotatable bonds is 4. The third-order valence-electron chi connectivity index (χ3n) is 4.32. The number of halogens is 3. The van der Waals surface area contributed by atoms with Crippen LogP contribution in [-0.4, -0.2) is 54.5 Å². The highest BCUT2D eigenvalue weighted by Crippen LogP contribution is 2.23. The van der Waals surface area contributed by atoms with Gasteiger partial charge < -0.3 is 10.2 Å². The van der Waals surface area contributed by atoms with Gasteiger partial charge in [-0.05, 0) is 31.5 Å². The van der Waals surface area contributed by atoms with E-state index in [9.17, 15) is 4.79 Å². The van der Waals surface area contributed by atoms with E-state index in [1.165, 1.54) is 11.3 Å². The van der Waals surface area contributed by atoms with Gasteiger partial charge in [-0.15, -0.1) is 36.2 Å². The molecule has 0 bridgehead atoms. The predicted octanol–water partition coefficient (Wildman–Crippen LogP) is 3.03. The molecule has 1 amide bonds. The lowest BCUT2D eigenvalue weighted by Gasteiger charge is -2.35. The van der Waals surface area contributed by atoms with Crippen molar-refractivity contribution in [3.8, 4) is 0 Å². The fourth-order valence-electron chi connectivity index (χ4n) is 3.08. The first-order chi connectivity index (χ1) is 10.2. The van der Waals surface area contributed by atoms with Crippen molar-refractivity contribution < 1.29 is 4.79 Å². The normalized spacial score (nSPS) is 21.6. The number of nitrogens with zero attached hydrogens (tertiary/aromatic N) is 2. The SMILES string of the molecule is Cl.Cl.O=C(CC1CCCN1)N1CCN(Cc2ccc(Cl)s2)CC1. The molecular weight excluding hydrogens is 377 g/mol. The summed E-state index contributed by atoms with van der Waals surface area (Å²) >= 11 is 7.61. The Bertz CT molecular complexity index is 486. The predicted molar refractivity (Wildman–Crippen MR) is 101 cm³/mol. The summed E-state index contributed by atoms with van der Waals surface area (Å²) < 4.78 is 0.850. The molecule has 23 heavy (non-hydrogen) atoms. The van der Waals surface area contributed by atoms with E-state index in [0.29, 0.717) is 18.4 Å². The Kier molecular flexibility index (Phi) is 9.19. The second-order valence-corrected chi connectivity index (χ2v) is 7.66. The summed E-state index contributed by atoms with van der Waals surface area (Å²) in [5, 5.41) is 3.40. The second kappa shape index (κ2) is 10.1. The van der Waals surface area contributed by atoms with Gasteiger partial charge in [0.15, 0.2) is 0 Å². The molecule has 0 spiro atoms. The number of nitrogens with one attached hydrogen (secondary N) is 1. The van der Waals surface area contributed by atoms with Gasteiger partial charge in [-0.3, -0.25) is 9.69 Å². The minimum Gasteiger partial charge on any atom is -0.340 e. The molecule has 3 rings (SSSR count). The lowest BCUT2D eigenvalue weighted by molar-refractivity contribution is -0.133. The highest BCUT2D eigenvalue weighted by molar-refractivity contribution is 7.16. The topological polar surface area (TPSA) is 35.6 Å². The molecule has 1 aromatic heterocycles. The molecule has 2 fully saturated rings. The summed E-state index contributed by atoms with van der Waals surface area (Å²) in [7, 11) is 0. The van der Waals surface area contributed by atoms with E-state index in [1.807, 2.05) is 11.0 Å². The third kappa shape index (κ3) is 6.07. The first-order valence-corrected chi connectivity index (χ1v) is 8.88. The number of carbonyl (C=O) groups is 1. The van der Waals surface area contributed by atoms with Crippen LogP contribution < -0.4 is 5.32 Å². The molecule has 1 N–H and O–H groups in total. The van der Waals surface area contributed by atoms with Crippen LogP contribution in [0, 0.1) is 0 Å². The summed E-state index contributed by atoms with van der Waals surface area (Å²) in [6.07, 6.45) is 3.01. The standard InChI is InChI=1S/C15H22ClN3OS.2ClH/c16-14-4-3-13(21-14)11-18-6-8-19(9-7-18)15(20)10-12-2-1-5-17-12;;/h3-4,12,17H,1-2,5-11H2;2*1H. The van der Waals surface area contributed by atoms with Gasteiger partial charge >= 0.3 is 0 Å². The second-order valence-electron chi connectivity index (χ2n) is 5.86. The first kappa shape index (κ1) is 21.0. The molecule has 2 saturated heterocycles. The average molecular weight is 401 g/mol. The van der Waals surface area contributed by atoms with E-state index in [4.69, 9.17) is 11.6 Å². The summed E-state index contributed by atoms with van der Waals surface area (Å²) in [6, 6.07) is 4.45. The van der Waals surface area contributed by atoms with Gasteiger partial charge in [0.2, 0.25) is 5.91 Å². The minimum absolute atomic E-state index is 0. The third-order valence-corrected chi connectivity index (χ3v) is 5.53. The minimum atomic E-state index is 0. The molecule has 4 nitrogen and oxygen atoms in total. The Labute approximate surface area is 159 Å². The van der Waals surface area contributed by atoms with Gasteiger partial charge in [0.05, 0.1) is 4.34 Å². The van der Waals surface area contributed by atoms with Crippen molar-refractivity contribution >= 4 is 53.7 Å². The van der Waals surface area contributed by atoms with Crippen molar-refractivity contribution in [3.63, 3.8) is 0 Å². The molecule has 1 atom stereocenters. The Balaban J connectivity index is 0.00000132. The zero-order valence-electron chi connectivity index (χ0n) is 13.0. The van der Waals surface area contributed by atoms with Crippen molar-refractivity contribution in [1.82, 2.24) is 15.1 Å². The lowest BCUT2D eigenvalue weighted by atomic mass is 10.1. The van der Waals surface area contributed by atoms with Crippen LogP contribution in [0.15, 0.2) is 12.1 Å². The molecule has 0 radical (unpaired) electrons. The van der Waals surface area contributed by atoms with E-state index in [1.54, 1.807) is 11.3 Å². The zero-order chi connectivity index (χ0) is 14.7. The smallest absolute Gasteiger partial charge is 0.224 e. The van der Waals surface area contributed by atoms with Gasteiger partial charge in [-0.1, -0.05) is 11.6 Å². The van der Waals surface area contributed by atoms with Gasteiger partial charge in [0.25, 0.3) is 0 Å². The van der Waals surface area contributed by atoms with Crippen molar-refractivity contribution in [2.24, 2.45) is 0 Å². The van der Waals surface area contributed by atoms with Crippen LogP contribution in [-0.2, 0) is 11.3 Å². The summed E-state index contributed by atoms with van der Waals surface area (Å²) in [6.45, 7) is 5.63. The zero-order valence-corrected chi connectivity index (χ0v) is 16.2. The molecule has 3 heterocycles. The molecule has 2 aliphatic rings. The van der Waals surface area contributed by atoms with Crippen LogP contribution in [0.5, 0.6) is 0 Å². The number of amides is 1. The van der Waals surface area contributed by atoms with Crippen molar-refractivity contribution in [2.45, 2.75) is 31.8 Å². The van der Waals surface area contributed by atoms with E-state index < -0.39 is 0 Å². The summed E-state index contributed by atoms with van der Waals surface area (Å²) in [5.74, 6) is 0.313. The van der Waals surface area contributed by atoms with Gasteiger partial charge in [0.1, 0.15) is 0 Å². The Morgan fingerprint density at radius 3 is 2.57 bits per heavy atom. The number of hydrogen-bond donors (Lipinski definition) is 1. The largest absolute Gasteiger partial charge is 0.340 e. The van der Waals surface area contributed by atoms with Crippen molar-refractivity contribution in [2.75, 3.05) is 32.7 Å². The Morgan fingerprint density at radius 2 is 2.00 bits per heavy atom. The maximum Gasteiger partial charge on any atom is 0.224 e. The number of carbonyl (C=O) groups excluding carboxylic acids is 1. The molecule has 132 valence electrons. The van der Waals surface area contributed by atoms with Gasteiger partial charge in [0, 0.05) is 50.1 Å². The number of thiophene rings is 1. The van der Waals surface area contributed by atoms with Crippen molar-refractivity contribution in [1.29, 1.82) is 0 Å². The van der Waals surface area contributed by atoms with Crippen LogP contribution in [0.1, 0.15) is 24.1 Å². The molecule has 1 aromatic rings. The molecule has 0 aliphatic carbocycles. The van der Waals surface area contributed by atoms with Crippen molar-refractivity contribution in [3.05, 3.63) is 21.3 Å². The van der Waals surface area contributed by atoms with Crippen LogP contribution in [0.4, 0.5) is 0 Å². The highest BCUT2D eigenvalue weighted by atomic mass is 35.5. The first-order valence-electron chi connectivity index (χ1n) is 7.68. The van der Waals surface area contributed by atoms with Crippen LogP contribution in [0.3, 0.4) is 0 Å². The molecule has 0 aromatic carbocycles. The van der Waals surface area contributed by atoms with Crippen LogP contribution in [0.2, 0.25) is 4.34 Å². The van der Waals surface area contributed by atoms with Crippen LogP contribution >= 0.6 is 47.8 Å². The van der Waals surface area contributed by atoms with E-state index in [-0.39, 0.29) is 24.8 Å². The Morgan fingerprint density at radius 1 is 1.26 bits per heavy atom. The van der Waals surface area contributed by atoms with Gasteiger partial charge in [-0.2, -0.15) is 0 Å².